The first-order chi connectivity index (χ1) is 23.8. The van der Waals surface area contributed by atoms with Crippen LogP contribution >= 0.6 is 0 Å². The van der Waals surface area contributed by atoms with Crippen molar-refractivity contribution >= 4 is 22.8 Å². The number of hydrogen-bond acceptors (Lipinski definition) is 6. The Kier molecular flexibility index (Phi) is 8.73. The van der Waals surface area contributed by atoms with E-state index < -0.39 is 6.10 Å². The molecule has 5 aliphatic rings. The van der Waals surface area contributed by atoms with E-state index in [0.29, 0.717) is 54.4 Å². The van der Waals surface area contributed by atoms with Crippen LogP contribution in [0.5, 0.6) is 0 Å². The molecule has 0 saturated heterocycles. The molecule has 0 radical (unpaired) electrons. The summed E-state index contributed by atoms with van der Waals surface area (Å²) in [7, 11) is 0. The molecule has 5 heterocycles. The number of aliphatic imine (C=N–C) groups is 4. The number of ether oxygens (including phenoxy) is 2. The number of halogens is 2. The fourth-order valence-corrected chi connectivity index (χ4v) is 5.76. The topological polar surface area (TPSA) is 67.9 Å². The van der Waals surface area contributed by atoms with E-state index in [1.54, 1.807) is 24.3 Å². The van der Waals surface area contributed by atoms with E-state index in [4.69, 9.17) is 30.8 Å². The predicted octanol–water partition coefficient (Wildman–Crippen LogP) is 7.89. The molecule has 8 bridgehead atoms. The highest BCUT2D eigenvalue weighted by Gasteiger charge is 2.25. The van der Waals surface area contributed by atoms with Crippen LogP contribution in [0.15, 0.2) is 163 Å². The quantitative estimate of drug-likeness (QED) is 0.265. The molecule has 0 aromatic heterocycles. The minimum Gasteiger partial charge on any atom is -0.373 e. The first kappa shape index (κ1) is 30.2. The van der Waals surface area contributed by atoms with Crippen molar-refractivity contribution in [2.45, 2.75) is 38.9 Å². The Morgan fingerprint density at radius 3 is 1.65 bits per heavy atom. The molecule has 7 rings (SSSR count). The fraction of sp³-hybridized carbons (Fsp3) is 0.200. The third kappa shape index (κ3) is 7.51. The molecule has 0 amide bonds. The predicted molar refractivity (Wildman–Crippen MR) is 188 cm³/mol. The summed E-state index contributed by atoms with van der Waals surface area (Å²) in [6.45, 7) is 4.73. The molecule has 2 unspecified atom stereocenters. The molecule has 0 aliphatic carbocycles. The summed E-state index contributed by atoms with van der Waals surface area (Å²) in [6, 6.07) is 13.1. The van der Waals surface area contributed by atoms with Gasteiger partial charge in [0, 0.05) is 11.1 Å². The lowest BCUT2D eigenvalue weighted by Crippen LogP contribution is -2.18. The number of fused-ring (bicyclic) bond motifs is 4. The molecule has 0 N–H and O–H groups in total. The smallest absolute Gasteiger partial charge is 0.123 e. The SMILES string of the molecule is [2H]C1=C(C(C)OCCc2ccc(F)cc2)C2=NC1=CC1=NC(=CC3=NC(=CC4=NC(=C2)C=C4C(C)OCCc2ccc(F)cc2)C=C3)C=C1. The lowest BCUT2D eigenvalue weighted by molar-refractivity contribution is 0.0961. The first-order valence-electron chi connectivity index (χ1n) is 16.5. The zero-order chi connectivity index (χ0) is 33.9. The van der Waals surface area contributed by atoms with Gasteiger partial charge in [-0.3, -0.25) is 0 Å². The summed E-state index contributed by atoms with van der Waals surface area (Å²) in [5.74, 6) is -0.540. The summed E-state index contributed by atoms with van der Waals surface area (Å²) in [5, 5.41) is 0. The van der Waals surface area contributed by atoms with Crippen molar-refractivity contribution in [2.24, 2.45) is 20.0 Å². The Morgan fingerprint density at radius 2 is 1.04 bits per heavy atom. The largest absolute Gasteiger partial charge is 0.373 e. The summed E-state index contributed by atoms with van der Waals surface area (Å²) < 4.78 is 48.4. The lowest BCUT2D eigenvalue weighted by atomic mass is 10.0. The maximum atomic E-state index is 13.4. The molecule has 0 saturated carbocycles. The average Bonchev–Trinajstić information content (AvgIpc) is 3.87. The molecule has 2 atom stereocenters. The van der Waals surface area contributed by atoms with Crippen LogP contribution in [0.2, 0.25) is 0 Å². The zero-order valence-electron chi connectivity index (χ0n) is 27.7. The van der Waals surface area contributed by atoms with Crippen molar-refractivity contribution in [3.05, 3.63) is 166 Å². The fourth-order valence-electron chi connectivity index (χ4n) is 5.76. The molecule has 8 heteroatoms. The molecule has 2 aromatic carbocycles. The molecule has 48 heavy (non-hydrogen) atoms. The number of benzene rings is 2. The van der Waals surface area contributed by atoms with Gasteiger partial charge in [0.1, 0.15) is 11.6 Å². The van der Waals surface area contributed by atoms with Crippen molar-refractivity contribution < 1.29 is 19.6 Å². The first-order valence-corrected chi connectivity index (χ1v) is 16.0. The molecule has 0 fully saturated rings. The normalized spacial score (nSPS) is 19.5. The summed E-state index contributed by atoms with van der Waals surface area (Å²) in [6.07, 6.45) is 17.7. The molecule has 6 nitrogen and oxygen atoms in total. The van der Waals surface area contributed by atoms with Crippen LogP contribution < -0.4 is 0 Å². The van der Waals surface area contributed by atoms with E-state index in [9.17, 15) is 8.78 Å². The van der Waals surface area contributed by atoms with Crippen LogP contribution in [0.4, 0.5) is 8.78 Å². The van der Waals surface area contributed by atoms with E-state index in [1.165, 1.54) is 24.3 Å². The molecule has 5 aliphatic heterocycles. The van der Waals surface area contributed by atoms with Crippen molar-refractivity contribution in [3.8, 4) is 0 Å². The van der Waals surface area contributed by atoms with Crippen molar-refractivity contribution in [1.29, 1.82) is 0 Å². The highest BCUT2D eigenvalue weighted by Crippen LogP contribution is 2.29. The van der Waals surface area contributed by atoms with Crippen LogP contribution in [0.25, 0.3) is 0 Å². The van der Waals surface area contributed by atoms with E-state index in [2.05, 4.69) is 0 Å². The second kappa shape index (κ2) is 13.9. The van der Waals surface area contributed by atoms with Crippen molar-refractivity contribution in [3.63, 3.8) is 0 Å². The summed E-state index contributed by atoms with van der Waals surface area (Å²) in [5.41, 5.74) is 8.92. The molecule has 0 spiro atoms. The standard InChI is InChI=1S/C40H34F2N4O2/c1-25(47-17-15-27-3-7-29(41)8-4-27)37-21-35-20-33-12-11-31(43-33)19-32-13-14-34(44-32)23-39-38(22-36(46-39)24-40(37)45-35)26(2)48-18-16-28-5-9-30(42)10-6-28/h3-14,19-26H,15-18H2,1-2H3/i21D. The van der Waals surface area contributed by atoms with Crippen LogP contribution in [0.3, 0.4) is 0 Å². The van der Waals surface area contributed by atoms with Gasteiger partial charge in [0.15, 0.2) is 0 Å². The minimum absolute atomic E-state index is 0.261. The van der Waals surface area contributed by atoms with Crippen LogP contribution in [0, 0.1) is 11.6 Å². The number of nitrogens with zero attached hydrogens (tertiary/aromatic N) is 4. The van der Waals surface area contributed by atoms with Gasteiger partial charge in [0.25, 0.3) is 0 Å². The number of rotatable bonds is 10. The maximum Gasteiger partial charge on any atom is 0.123 e. The Balaban J connectivity index is 1.19. The Morgan fingerprint density at radius 1 is 0.562 bits per heavy atom. The van der Waals surface area contributed by atoms with Gasteiger partial charge in [0.2, 0.25) is 0 Å². The number of allylic oxidation sites excluding steroid dienone is 10. The summed E-state index contributed by atoms with van der Waals surface area (Å²) in [4.78, 5) is 19.4. The van der Waals surface area contributed by atoms with Gasteiger partial charge in [-0.15, -0.1) is 0 Å². The third-order valence-electron chi connectivity index (χ3n) is 8.33. The van der Waals surface area contributed by atoms with Crippen LogP contribution in [-0.4, -0.2) is 48.3 Å². The average molecular weight is 642 g/mol. The Bertz CT molecular complexity index is 2060. The maximum absolute atomic E-state index is 13.4. The van der Waals surface area contributed by atoms with Gasteiger partial charge in [-0.05, 0) is 123 Å². The molecular formula is C40H34F2N4O2. The molecular weight excluding hydrogens is 606 g/mol. The van der Waals surface area contributed by atoms with Gasteiger partial charge in [-0.2, -0.15) is 0 Å². The Labute approximate surface area is 280 Å². The van der Waals surface area contributed by atoms with Gasteiger partial charge in [-0.25, -0.2) is 28.8 Å². The van der Waals surface area contributed by atoms with E-state index in [-0.39, 0.29) is 23.8 Å². The van der Waals surface area contributed by atoms with Gasteiger partial charge < -0.3 is 9.47 Å². The van der Waals surface area contributed by atoms with Crippen molar-refractivity contribution in [1.82, 2.24) is 0 Å². The zero-order valence-corrected chi connectivity index (χ0v) is 26.7. The van der Waals surface area contributed by atoms with Crippen LogP contribution in [0.1, 0.15) is 26.3 Å². The second-order valence-corrected chi connectivity index (χ2v) is 11.9. The molecule has 240 valence electrons. The Hall–Kier alpha value is -5.18. The highest BCUT2D eigenvalue weighted by atomic mass is 19.1. The monoisotopic (exact) mass is 641 g/mol. The molecule has 2 aromatic rings. The van der Waals surface area contributed by atoms with Gasteiger partial charge in [-0.1, -0.05) is 24.3 Å². The van der Waals surface area contributed by atoms with E-state index >= 15 is 0 Å². The van der Waals surface area contributed by atoms with Gasteiger partial charge >= 0.3 is 0 Å². The summed E-state index contributed by atoms with van der Waals surface area (Å²) >= 11 is 0. The van der Waals surface area contributed by atoms with E-state index in [0.717, 1.165) is 39.5 Å². The number of hydrogen-bond donors (Lipinski definition) is 0. The second-order valence-electron chi connectivity index (χ2n) is 11.9. The van der Waals surface area contributed by atoms with E-state index in [1.807, 2.05) is 68.5 Å². The lowest BCUT2D eigenvalue weighted by Gasteiger charge is -2.15. The third-order valence-corrected chi connectivity index (χ3v) is 8.33. The highest BCUT2D eigenvalue weighted by molar-refractivity contribution is 6.17. The van der Waals surface area contributed by atoms with Crippen molar-refractivity contribution in [2.75, 3.05) is 13.2 Å². The minimum atomic E-state index is -0.451. The van der Waals surface area contributed by atoms with Crippen LogP contribution in [-0.2, 0) is 22.3 Å². The van der Waals surface area contributed by atoms with Gasteiger partial charge in [0.05, 0.1) is 72.4 Å².